The molecule has 1 atom stereocenters. The Morgan fingerprint density at radius 3 is 2.72 bits per heavy atom. The van der Waals surface area contributed by atoms with E-state index < -0.39 is 5.41 Å². The fourth-order valence-electron chi connectivity index (χ4n) is 1.85. The summed E-state index contributed by atoms with van der Waals surface area (Å²) in [6, 6.07) is 9.56. The van der Waals surface area contributed by atoms with Gasteiger partial charge in [0.15, 0.2) is 0 Å². The highest BCUT2D eigenvalue weighted by molar-refractivity contribution is 5.88. The van der Waals surface area contributed by atoms with E-state index in [0.717, 1.165) is 5.69 Å². The van der Waals surface area contributed by atoms with Gasteiger partial charge < -0.3 is 4.74 Å². The monoisotopic (exact) mass is 248 g/mol. The zero-order chi connectivity index (χ0) is 13.2. The average Bonchev–Trinajstić information content (AvgIpc) is 2.65. The third kappa shape index (κ3) is 2.45. The minimum absolute atomic E-state index is 0.0947. The zero-order valence-corrected chi connectivity index (χ0v) is 10.5. The van der Waals surface area contributed by atoms with Crippen molar-refractivity contribution in [3.05, 3.63) is 30.3 Å². The molecule has 0 unspecified atom stereocenters. The van der Waals surface area contributed by atoms with Crippen molar-refractivity contribution in [3.8, 4) is 0 Å². The molecule has 1 aromatic carbocycles. The molecule has 5 nitrogen and oxygen atoms in total. The summed E-state index contributed by atoms with van der Waals surface area (Å²) in [5.41, 5.74) is 3.00. The number of anilines is 1. The standard InChI is InChI=1S/C13H16N2O3/c1-10(16)18-9-13(2)8-15(14-12(13)17)11-6-4-3-5-7-11/h3-7H,8-9H2,1-2H3,(H,14,17)/t13-/m1/s1. The fraction of sp³-hybridized carbons (Fsp3) is 0.385. The topological polar surface area (TPSA) is 58.6 Å². The maximum atomic E-state index is 11.9. The molecule has 0 bridgehead atoms. The number of hydrazine groups is 1. The lowest BCUT2D eigenvalue weighted by Gasteiger charge is -2.21. The van der Waals surface area contributed by atoms with Crippen molar-refractivity contribution in [3.63, 3.8) is 0 Å². The van der Waals surface area contributed by atoms with E-state index in [-0.39, 0.29) is 18.5 Å². The van der Waals surface area contributed by atoms with Crippen molar-refractivity contribution in [1.82, 2.24) is 5.43 Å². The number of amides is 1. The molecule has 96 valence electrons. The van der Waals surface area contributed by atoms with Crippen molar-refractivity contribution in [2.24, 2.45) is 5.41 Å². The lowest BCUT2D eigenvalue weighted by molar-refractivity contribution is -0.146. The van der Waals surface area contributed by atoms with Crippen molar-refractivity contribution >= 4 is 17.6 Å². The van der Waals surface area contributed by atoms with Gasteiger partial charge in [-0.3, -0.25) is 20.0 Å². The van der Waals surface area contributed by atoms with Gasteiger partial charge in [-0.05, 0) is 19.1 Å². The lowest BCUT2D eigenvalue weighted by Crippen LogP contribution is -2.35. The SMILES string of the molecule is CC(=O)OC[C@@]1(C)CN(c2ccccc2)NC1=O. The number of ether oxygens (including phenoxy) is 1. The van der Waals surface area contributed by atoms with Gasteiger partial charge in [0.2, 0.25) is 5.91 Å². The zero-order valence-electron chi connectivity index (χ0n) is 10.5. The molecule has 2 rings (SSSR count). The Morgan fingerprint density at radius 2 is 2.11 bits per heavy atom. The van der Waals surface area contributed by atoms with Crippen LogP contribution in [0.15, 0.2) is 30.3 Å². The van der Waals surface area contributed by atoms with E-state index in [1.807, 2.05) is 30.3 Å². The molecule has 1 amide bonds. The van der Waals surface area contributed by atoms with Crippen LogP contribution < -0.4 is 10.4 Å². The maximum Gasteiger partial charge on any atom is 0.302 e. The molecule has 1 saturated heterocycles. The van der Waals surface area contributed by atoms with Crippen molar-refractivity contribution in [2.75, 3.05) is 18.2 Å². The number of benzene rings is 1. The molecule has 1 heterocycles. The normalized spacial score (nSPS) is 22.8. The second-order valence-electron chi connectivity index (χ2n) is 4.70. The fourth-order valence-corrected chi connectivity index (χ4v) is 1.85. The predicted molar refractivity (Wildman–Crippen MR) is 66.7 cm³/mol. The van der Waals surface area contributed by atoms with Gasteiger partial charge in [-0.1, -0.05) is 18.2 Å². The van der Waals surface area contributed by atoms with Crippen LogP contribution in [-0.2, 0) is 14.3 Å². The van der Waals surface area contributed by atoms with Crippen LogP contribution in [0.25, 0.3) is 0 Å². The Hall–Kier alpha value is -2.04. The van der Waals surface area contributed by atoms with Gasteiger partial charge in [0.1, 0.15) is 12.0 Å². The molecule has 1 fully saturated rings. The highest BCUT2D eigenvalue weighted by atomic mass is 16.5. The van der Waals surface area contributed by atoms with E-state index in [9.17, 15) is 9.59 Å². The Bertz CT molecular complexity index is 461. The molecule has 1 aliphatic heterocycles. The van der Waals surface area contributed by atoms with Gasteiger partial charge in [-0.2, -0.15) is 0 Å². The van der Waals surface area contributed by atoms with Gasteiger partial charge >= 0.3 is 5.97 Å². The highest BCUT2D eigenvalue weighted by Crippen LogP contribution is 2.27. The second kappa shape index (κ2) is 4.68. The smallest absolute Gasteiger partial charge is 0.302 e. The first-order chi connectivity index (χ1) is 8.51. The molecule has 1 aromatic rings. The van der Waals surface area contributed by atoms with Crippen LogP contribution in [0.2, 0.25) is 0 Å². The summed E-state index contributed by atoms with van der Waals surface area (Å²) in [6.45, 7) is 3.69. The van der Waals surface area contributed by atoms with Gasteiger partial charge in [0.05, 0.1) is 12.2 Å². The van der Waals surface area contributed by atoms with Crippen LogP contribution >= 0.6 is 0 Å². The summed E-state index contributed by atoms with van der Waals surface area (Å²) in [4.78, 5) is 22.8. The first kappa shape index (κ1) is 12.4. The van der Waals surface area contributed by atoms with Crippen LogP contribution in [-0.4, -0.2) is 25.0 Å². The summed E-state index contributed by atoms with van der Waals surface area (Å²) in [6.07, 6.45) is 0. The van der Waals surface area contributed by atoms with Crippen molar-refractivity contribution in [1.29, 1.82) is 0 Å². The highest BCUT2D eigenvalue weighted by Gasteiger charge is 2.43. The van der Waals surface area contributed by atoms with E-state index >= 15 is 0 Å². The molecule has 1 N–H and O–H groups in total. The van der Waals surface area contributed by atoms with E-state index in [2.05, 4.69) is 5.43 Å². The number of para-hydroxylation sites is 1. The van der Waals surface area contributed by atoms with Gasteiger partial charge in [0.25, 0.3) is 0 Å². The van der Waals surface area contributed by atoms with Crippen LogP contribution in [0.1, 0.15) is 13.8 Å². The maximum absolute atomic E-state index is 11.9. The number of carbonyl (C=O) groups excluding carboxylic acids is 2. The number of carbonyl (C=O) groups is 2. The molecule has 0 saturated carbocycles. The quantitative estimate of drug-likeness (QED) is 0.814. The number of hydrogen-bond acceptors (Lipinski definition) is 4. The summed E-state index contributed by atoms with van der Waals surface area (Å²) < 4.78 is 4.96. The van der Waals surface area contributed by atoms with E-state index in [1.54, 1.807) is 11.9 Å². The Kier molecular flexibility index (Phi) is 3.23. The van der Waals surface area contributed by atoms with E-state index in [4.69, 9.17) is 4.74 Å². The molecular weight excluding hydrogens is 232 g/mol. The number of rotatable bonds is 3. The number of esters is 1. The number of nitrogens with zero attached hydrogens (tertiary/aromatic N) is 1. The summed E-state index contributed by atoms with van der Waals surface area (Å²) in [7, 11) is 0. The van der Waals surface area contributed by atoms with Gasteiger partial charge in [0, 0.05) is 6.92 Å². The Labute approximate surface area is 106 Å². The Morgan fingerprint density at radius 1 is 1.44 bits per heavy atom. The summed E-state index contributed by atoms with van der Waals surface area (Å²) in [5, 5.41) is 1.77. The van der Waals surface area contributed by atoms with E-state index in [1.165, 1.54) is 6.92 Å². The molecule has 5 heteroatoms. The van der Waals surface area contributed by atoms with Crippen LogP contribution in [0.3, 0.4) is 0 Å². The van der Waals surface area contributed by atoms with E-state index in [0.29, 0.717) is 6.54 Å². The first-order valence-electron chi connectivity index (χ1n) is 5.78. The van der Waals surface area contributed by atoms with Crippen molar-refractivity contribution in [2.45, 2.75) is 13.8 Å². The largest absolute Gasteiger partial charge is 0.465 e. The minimum atomic E-state index is -0.707. The third-order valence-electron chi connectivity index (χ3n) is 2.95. The summed E-state index contributed by atoms with van der Waals surface area (Å²) >= 11 is 0. The van der Waals surface area contributed by atoms with Gasteiger partial charge in [-0.25, -0.2) is 0 Å². The Balaban J connectivity index is 2.09. The average molecular weight is 248 g/mol. The molecule has 0 radical (unpaired) electrons. The third-order valence-corrected chi connectivity index (χ3v) is 2.95. The van der Waals surface area contributed by atoms with Crippen molar-refractivity contribution < 1.29 is 14.3 Å². The molecule has 18 heavy (non-hydrogen) atoms. The molecule has 0 spiro atoms. The first-order valence-corrected chi connectivity index (χ1v) is 5.78. The summed E-state index contributed by atoms with van der Waals surface area (Å²) in [5.74, 6) is -0.505. The minimum Gasteiger partial charge on any atom is -0.465 e. The predicted octanol–water partition coefficient (Wildman–Crippen LogP) is 1.11. The molecule has 0 aliphatic carbocycles. The molecule has 1 aliphatic rings. The van der Waals surface area contributed by atoms with Crippen LogP contribution in [0.4, 0.5) is 5.69 Å². The number of nitrogens with one attached hydrogen (secondary N) is 1. The molecule has 0 aromatic heterocycles. The molecular formula is C13H16N2O3. The number of hydrogen-bond donors (Lipinski definition) is 1. The lowest BCUT2D eigenvalue weighted by atomic mass is 9.92. The van der Waals surface area contributed by atoms with Gasteiger partial charge in [-0.15, -0.1) is 0 Å². The van der Waals surface area contributed by atoms with Crippen LogP contribution in [0, 0.1) is 5.41 Å². The van der Waals surface area contributed by atoms with Crippen LogP contribution in [0.5, 0.6) is 0 Å². The second-order valence-corrected chi connectivity index (χ2v) is 4.70.